The fourth-order valence-electron chi connectivity index (χ4n) is 1.02. The summed E-state index contributed by atoms with van der Waals surface area (Å²) in [5.74, 6) is 0. The average molecular weight is 242 g/mol. The van der Waals surface area contributed by atoms with Gasteiger partial charge in [-0.05, 0) is 30.8 Å². The molecule has 1 rings (SSSR count). The minimum absolute atomic E-state index is 0.468. The molecule has 0 aliphatic heterocycles. The molecular formula is C10H12ClN3S. The monoisotopic (exact) mass is 241 g/mol. The minimum atomic E-state index is 0.468. The second-order valence-corrected chi connectivity index (χ2v) is 3.73. The van der Waals surface area contributed by atoms with Crippen LogP contribution in [-0.4, -0.2) is 18.4 Å². The van der Waals surface area contributed by atoms with Crippen LogP contribution in [0.4, 0.5) is 0 Å². The van der Waals surface area contributed by atoms with Crippen molar-refractivity contribution < 1.29 is 0 Å². The Morgan fingerprint density at radius 2 is 2.27 bits per heavy atom. The van der Waals surface area contributed by atoms with Gasteiger partial charge in [-0.1, -0.05) is 23.7 Å². The fourth-order valence-corrected chi connectivity index (χ4v) is 1.34. The largest absolute Gasteiger partial charge is 0.364 e. The van der Waals surface area contributed by atoms with Crippen LogP contribution in [0.25, 0.3) is 0 Å². The molecule has 1 aromatic rings. The normalized spacial score (nSPS) is 10.3. The minimum Gasteiger partial charge on any atom is -0.364 e. The first-order valence-electron chi connectivity index (χ1n) is 4.41. The topological polar surface area (TPSA) is 36.4 Å². The van der Waals surface area contributed by atoms with Gasteiger partial charge in [0.25, 0.3) is 0 Å². The smallest absolute Gasteiger partial charge is 0.186 e. The third kappa shape index (κ3) is 3.49. The van der Waals surface area contributed by atoms with Crippen molar-refractivity contribution in [3.8, 4) is 0 Å². The lowest BCUT2D eigenvalue weighted by molar-refractivity contribution is 0.982. The van der Waals surface area contributed by atoms with Crippen LogP contribution in [0.15, 0.2) is 23.3 Å². The average Bonchev–Trinajstić information content (AvgIpc) is 2.22. The number of aryl methyl sites for hydroxylation is 1. The summed E-state index contributed by atoms with van der Waals surface area (Å²) in [7, 11) is 1.73. The third-order valence-corrected chi connectivity index (χ3v) is 2.48. The number of nitrogens with one attached hydrogen (secondary N) is 2. The van der Waals surface area contributed by atoms with E-state index >= 15 is 0 Å². The van der Waals surface area contributed by atoms with Gasteiger partial charge in [-0.25, -0.2) is 0 Å². The lowest BCUT2D eigenvalue weighted by Gasteiger charge is -2.03. The van der Waals surface area contributed by atoms with Crippen molar-refractivity contribution in [3.05, 3.63) is 34.3 Å². The maximum absolute atomic E-state index is 6.01. The molecule has 80 valence electrons. The van der Waals surface area contributed by atoms with Gasteiger partial charge in [-0.15, -0.1) is 0 Å². The Balaban J connectivity index is 2.76. The number of benzene rings is 1. The van der Waals surface area contributed by atoms with Crippen LogP contribution in [0.3, 0.4) is 0 Å². The van der Waals surface area contributed by atoms with Crippen molar-refractivity contribution in [2.45, 2.75) is 6.92 Å². The lowest BCUT2D eigenvalue weighted by atomic mass is 10.1. The van der Waals surface area contributed by atoms with Crippen molar-refractivity contribution in [2.75, 3.05) is 7.05 Å². The first kappa shape index (κ1) is 11.9. The molecule has 2 N–H and O–H groups in total. The van der Waals surface area contributed by atoms with Crippen molar-refractivity contribution in [1.82, 2.24) is 10.7 Å². The summed E-state index contributed by atoms with van der Waals surface area (Å²) in [6, 6.07) is 5.70. The molecule has 3 nitrogen and oxygen atoms in total. The zero-order valence-corrected chi connectivity index (χ0v) is 10.1. The first-order valence-corrected chi connectivity index (χ1v) is 5.19. The fraction of sp³-hybridized carbons (Fsp3) is 0.200. The number of nitrogens with zero attached hydrogens (tertiary/aromatic N) is 1. The number of hydrazone groups is 1. The molecule has 0 saturated heterocycles. The van der Waals surface area contributed by atoms with Gasteiger partial charge in [0, 0.05) is 17.6 Å². The van der Waals surface area contributed by atoms with E-state index in [1.165, 1.54) is 0 Å². The van der Waals surface area contributed by atoms with E-state index in [2.05, 4.69) is 15.8 Å². The van der Waals surface area contributed by atoms with Crippen LogP contribution in [0, 0.1) is 6.92 Å². The van der Waals surface area contributed by atoms with Crippen molar-refractivity contribution in [3.63, 3.8) is 0 Å². The van der Waals surface area contributed by atoms with E-state index in [-0.39, 0.29) is 0 Å². The van der Waals surface area contributed by atoms with E-state index in [9.17, 15) is 0 Å². The van der Waals surface area contributed by atoms with Gasteiger partial charge >= 0.3 is 0 Å². The molecule has 0 aromatic heterocycles. The zero-order chi connectivity index (χ0) is 11.3. The van der Waals surface area contributed by atoms with Crippen LogP contribution in [0.5, 0.6) is 0 Å². The third-order valence-electron chi connectivity index (χ3n) is 1.86. The van der Waals surface area contributed by atoms with E-state index in [4.69, 9.17) is 23.8 Å². The quantitative estimate of drug-likeness (QED) is 0.473. The molecule has 0 spiro atoms. The van der Waals surface area contributed by atoms with Crippen LogP contribution in [0.2, 0.25) is 5.02 Å². The van der Waals surface area contributed by atoms with Gasteiger partial charge in [-0.2, -0.15) is 5.10 Å². The SMILES string of the molecule is CNC(=S)NN=Cc1c(C)cccc1Cl. The Kier molecular flexibility index (Phi) is 4.52. The first-order chi connectivity index (χ1) is 7.15. The van der Waals surface area contributed by atoms with Crippen molar-refractivity contribution >= 4 is 35.1 Å². The van der Waals surface area contributed by atoms with Gasteiger partial charge in [0.05, 0.1) is 6.21 Å². The highest BCUT2D eigenvalue weighted by Gasteiger charge is 1.99. The second kappa shape index (κ2) is 5.68. The molecule has 0 fully saturated rings. The lowest BCUT2D eigenvalue weighted by Crippen LogP contribution is -2.28. The molecule has 0 aliphatic carbocycles. The van der Waals surface area contributed by atoms with Gasteiger partial charge in [0.2, 0.25) is 0 Å². The summed E-state index contributed by atoms with van der Waals surface area (Å²) in [5.41, 5.74) is 4.63. The van der Waals surface area contributed by atoms with E-state index in [1.54, 1.807) is 13.3 Å². The highest BCUT2D eigenvalue weighted by atomic mass is 35.5. The molecule has 0 saturated carbocycles. The van der Waals surface area contributed by atoms with Crippen molar-refractivity contribution in [1.29, 1.82) is 0 Å². The Morgan fingerprint density at radius 3 is 2.87 bits per heavy atom. The van der Waals surface area contributed by atoms with Crippen LogP contribution in [-0.2, 0) is 0 Å². The molecule has 15 heavy (non-hydrogen) atoms. The molecule has 0 radical (unpaired) electrons. The predicted molar refractivity (Wildman–Crippen MR) is 68.6 cm³/mol. The summed E-state index contributed by atoms with van der Waals surface area (Å²) in [5, 5.41) is 7.87. The Hall–Kier alpha value is -1.13. The summed E-state index contributed by atoms with van der Waals surface area (Å²) in [6.07, 6.45) is 1.65. The van der Waals surface area contributed by atoms with Gasteiger partial charge in [0.15, 0.2) is 5.11 Å². The zero-order valence-electron chi connectivity index (χ0n) is 8.54. The van der Waals surface area contributed by atoms with Crippen LogP contribution in [0.1, 0.15) is 11.1 Å². The predicted octanol–water partition coefficient (Wildman–Crippen LogP) is 2.08. The maximum Gasteiger partial charge on any atom is 0.186 e. The molecule has 0 unspecified atom stereocenters. The highest BCUT2D eigenvalue weighted by molar-refractivity contribution is 7.80. The maximum atomic E-state index is 6.01. The molecule has 0 bridgehead atoms. The summed E-state index contributed by atoms with van der Waals surface area (Å²) >= 11 is 10.9. The van der Waals surface area contributed by atoms with Gasteiger partial charge in [-0.3, -0.25) is 5.43 Å². The molecule has 0 aliphatic rings. The number of rotatable bonds is 2. The summed E-state index contributed by atoms with van der Waals surface area (Å²) in [6.45, 7) is 1.98. The molecular weight excluding hydrogens is 230 g/mol. The standard InChI is InChI=1S/C10H12ClN3S/c1-7-4-3-5-9(11)8(7)6-13-14-10(15)12-2/h3-6H,1-2H3,(H2,12,14,15). The van der Waals surface area contributed by atoms with E-state index < -0.39 is 0 Å². The summed E-state index contributed by atoms with van der Waals surface area (Å²) in [4.78, 5) is 0. The summed E-state index contributed by atoms with van der Waals surface area (Å²) < 4.78 is 0. The van der Waals surface area contributed by atoms with E-state index in [0.29, 0.717) is 10.1 Å². The van der Waals surface area contributed by atoms with Gasteiger partial charge < -0.3 is 5.32 Å². The molecule has 0 atom stereocenters. The highest BCUT2D eigenvalue weighted by Crippen LogP contribution is 2.16. The number of halogens is 1. The molecule has 0 amide bonds. The number of hydrogen-bond acceptors (Lipinski definition) is 2. The van der Waals surface area contributed by atoms with E-state index in [0.717, 1.165) is 11.1 Å². The van der Waals surface area contributed by atoms with Crippen LogP contribution < -0.4 is 10.7 Å². The van der Waals surface area contributed by atoms with Crippen molar-refractivity contribution in [2.24, 2.45) is 5.10 Å². The molecule has 5 heteroatoms. The number of thiocarbonyl (C=S) groups is 1. The molecule has 0 heterocycles. The van der Waals surface area contributed by atoms with E-state index in [1.807, 2.05) is 25.1 Å². The second-order valence-electron chi connectivity index (χ2n) is 2.92. The Labute approximate surface area is 99.5 Å². The van der Waals surface area contributed by atoms with Gasteiger partial charge in [0.1, 0.15) is 0 Å². The Bertz CT molecular complexity index is 370. The molecule has 1 aromatic carbocycles. The number of hydrogen-bond donors (Lipinski definition) is 2. The Morgan fingerprint density at radius 1 is 1.53 bits per heavy atom. The van der Waals surface area contributed by atoms with Crippen LogP contribution >= 0.6 is 23.8 Å².